The van der Waals surface area contributed by atoms with Crippen molar-refractivity contribution in [3.8, 4) is 5.75 Å². The molecule has 0 saturated heterocycles. The Morgan fingerprint density at radius 2 is 1.81 bits per heavy atom. The number of carbonyl (C=O) groups excluding carboxylic acids is 1. The Morgan fingerprint density at radius 3 is 2.62 bits per heavy atom. The van der Waals surface area contributed by atoms with Gasteiger partial charge in [0.05, 0.1) is 6.04 Å². The Labute approximate surface area is 188 Å². The number of rotatable bonds is 4. The fourth-order valence-electron chi connectivity index (χ4n) is 4.84. The van der Waals surface area contributed by atoms with Crippen LogP contribution in [0.1, 0.15) is 45.8 Å². The molecule has 5 heteroatoms. The molecule has 3 aromatic carbocycles. The van der Waals surface area contributed by atoms with Crippen molar-refractivity contribution in [1.29, 1.82) is 0 Å². The number of nitrogens with one attached hydrogen (secondary N) is 3. The summed E-state index contributed by atoms with van der Waals surface area (Å²) in [6.07, 6.45) is 2.36. The van der Waals surface area contributed by atoms with Crippen LogP contribution in [0.4, 0.5) is 11.4 Å². The summed E-state index contributed by atoms with van der Waals surface area (Å²) in [5, 5.41) is 19.9. The van der Waals surface area contributed by atoms with E-state index in [0.29, 0.717) is 6.42 Å². The minimum absolute atomic E-state index is 0.00174. The molecule has 0 radical (unpaired) electrons. The Balaban J connectivity index is 1.32. The van der Waals surface area contributed by atoms with Crippen LogP contribution in [0, 0.1) is 13.8 Å². The molecule has 2 heterocycles. The molecule has 1 amide bonds. The number of phenols is 1. The quantitative estimate of drug-likeness (QED) is 0.491. The number of aromatic hydroxyl groups is 1. The molecule has 0 aromatic heterocycles. The molecule has 0 bridgehead atoms. The minimum Gasteiger partial charge on any atom is -0.508 e. The van der Waals surface area contributed by atoms with E-state index >= 15 is 0 Å². The molecular formula is C27H29N3O2. The van der Waals surface area contributed by atoms with E-state index < -0.39 is 0 Å². The van der Waals surface area contributed by atoms with Gasteiger partial charge in [-0.15, -0.1) is 0 Å². The highest BCUT2D eigenvalue weighted by molar-refractivity contribution is 5.88. The predicted molar refractivity (Wildman–Crippen MR) is 128 cm³/mol. The second-order valence-electron chi connectivity index (χ2n) is 9.05. The van der Waals surface area contributed by atoms with Crippen LogP contribution in [0.5, 0.6) is 5.75 Å². The summed E-state index contributed by atoms with van der Waals surface area (Å²) in [5.41, 5.74) is 9.01. The van der Waals surface area contributed by atoms with Crippen LogP contribution in [-0.2, 0) is 17.6 Å². The molecule has 0 fully saturated rings. The van der Waals surface area contributed by atoms with Gasteiger partial charge in [0.2, 0.25) is 5.91 Å². The normalized spacial score (nSPS) is 18.8. The lowest BCUT2D eigenvalue weighted by molar-refractivity contribution is -0.122. The highest BCUT2D eigenvalue weighted by Crippen LogP contribution is 2.34. The third kappa shape index (κ3) is 4.03. The average Bonchev–Trinajstić information content (AvgIpc) is 3.20. The van der Waals surface area contributed by atoms with Crippen LogP contribution < -0.4 is 16.0 Å². The van der Waals surface area contributed by atoms with E-state index in [9.17, 15) is 9.90 Å². The van der Waals surface area contributed by atoms with Crippen LogP contribution >= 0.6 is 0 Å². The van der Waals surface area contributed by atoms with E-state index in [2.05, 4.69) is 65.3 Å². The molecule has 0 spiro atoms. The molecule has 32 heavy (non-hydrogen) atoms. The molecule has 0 aliphatic carbocycles. The van der Waals surface area contributed by atoms with Gasteiger partial charge in [-0.2, -0.15) is 0 Å². The molecule has 2 atom stereocenters. The molecule has 5 rings (SSSR count). The molecular weight excluding hydrogens is 398 g/mol. The standard InChI is InChI=1S/C27H29N3O2/c1-16-3-5-18(6-4-16)12-19-7-8-23-22(13-19)24(9-10-28-23)30-27(32)26-15-21-17(2)11-20(31)14-25(21)29-26/h3-8,11,13-14,24,26,28-29,31H,9-10,12,15H2,1-2H3,(H,30,32). The number of hydrogen-bond donors (Lipinski definition) is 4. The number of phenolic OH excluding ortho intramolecular Hbond substituents is 1. The third-order valence-corrected chi connectivity index (χ3v) is 6.60. The Morgan fingerprint density at radius 1 is 1.03 bits per heavy atom. The first-order chi connectivity index (χ1) is 15.5. The maximum atomic E-state index is 13.1. The van der Waals surface area contributed by atoms with Crippen molar-refractivity contribution in [2.24, 2.45) is 0 Å². The maximum absolute atomic E-state index is 13.1. The van der Waals surface area contributed by atoms with Gasteiger partial charge in [-0.05, 0) is 66.6 Å². The monoisotopic (exact) mass is 427 g/mol. The van der Waals surface area contributed by atoms with Gasteiger partial charge in [0.15, 0.2) is 0 Å². The first kappa shape index (κ1) is 20.4. The number of hydrogen-bond acceptors (Lipinski definition) is 4. The topological polar surface area (TPSA) is 73.4 Å². The largest absolute Gasteiger partial charge is 0.508 e. The van der Waals surface area contributed by atoms with Crippen LogP contribution in [-0.4, -0.2) is 23.6 Å². The first-order valence-corrected chi connectivity index (χ1v) is 11.3. The highest BCUT2D eigenvalue weighted by Gasteiger charge is 2.31. The van der Waals surface area contributed by atoms with Crippen molar-refractivity contribution in [2.75, 3.05) is 17.2 Å². The second-order valence-corrected chi connectivity index (χ2v) is 9.05. The zero-order chi connectivity index (χ0) is 22.2. The van der Waals surface area contributed by atoms with Crippen LogP contribution in [0.25, 0.3) is 0 Å². The van der Waals surface area contributed by atoms with Crippen LogP contribution in [0.2, 0.25) is 0 Å². The predicted octanol–water partition coefficient (Wildman–Crippen LogP) is 4.61. The van der Waals surface area contributed by atoms with Gasteiger partial charge in [0, 0.05) is 30.4 Å². The van der Waals surface area contributed by atoms with Crippen molar-refractivity contribution < 1.29 is 9.90 Å². The third-order valence-electron chi connectivity index (χ3n) is 6.60. The number of benzene rings is 3. The summed E-state index contributed by atoms with van der Waals surface area (Å²) in [4.78, 5) is 13.1. The number of aryl methyl sites for hydroxylation is 2. The molecule has 164 valence electrons. The molecule has 4 N–H and O–H groups in total. The number of carbonyl (C=O) groups is 1. The molecule has 5 nitrogen and oxygen atoms in total. The van der Waals surface area contributed by atoms with E-state index in [1.165, 1.54) is 16.7 Å². The molecule has 2 aliphatic heterocycles. The average molecular weight is 428 g/mol. The number of anilines is 2. The van der Waals surface area contributed by atoms with Gasteiger partial charge >= 0.3 is 0 Å². The molecule has 0 saturated carbocycles. The number of amides is 1. The van der Waals surface area contributed by atoms with E-state index in [0.717, 1.165) is 47.5 Å². The van der Waals surface area contributed by atoms with Crippen molar-refractivity contribution in [3.05, 3.63) is 88.0 Å². The van der Waals surface area contributed by atoms with Gasteiger partial charge in [0.1, 0.15) is 11.8 Å². The lowest BCUT2D eigenvalue weighted by Gasteiger charge is -2.29. The van der Waals surface area contributed by atoms with Gasteiger partial charge < -0.3 is 21.1 Å². The Kier molecular flexibility index (Phi) is 5.25. The zero-order valence-electron chi connectivity index (χ0n) is 18.5. The van der Waals surface area contributed by atoms with Crippen LogP contribution in [0.15, 0.2) is 54.6 Å². The van der Waals surface area contributed by atoms with Gasteiger partial charge in [-0.1, -0.05) is 42.0 Å². The van der Waals surface area contributed by atoms with Gasteiger partial charge in [0.25, 0.3) is 0 Å². The number of fused-ring (bicyclic) bond motifs is 2. The summed E-state index contributed by atoms with van der Waals surface area (Å²) in [7, 11) is 0. The van der Waals surface area contributed by atoms with Crippen molar-refractivity contribution in [2.45, 2.75) is 45.2 Å². The van der Waals surface area contributed by atoms with E-state index in [4.69, 9.17) is 0 Å². The summed E-state index contributed by atoms with van der Waals surface area (Å²) >= 11 is 0. The first-order valence-electron chi connectivity index (χ1n) is 11.3. The van der Waals surface area contributed by atoms with Crippen molar-refractivity contribution >= 4 is 17.3 Å². The SMILES string of the molecule is Cc1ccc(Cc2ccc3c(c2)C(NC(=O)C2Cc4c(C)cc(O)cc4N2)CCN3)cc1. The van der Waals surface area contributed by atoms with E-state index in [1.807, 2.05) is 6.92 Å². The summed E-state index contributed by atoms with van der Waals surface area (Å²) in [5.74, 6) is 0.227. The van der Waals surface area contributed by atoms with Crippen molar-refractivity contribution in [3.63, 3.8) is 0 Å². The smallest absolute Gasteiger partial charge is 0.243 e. The Bertz CT molecular complexity index is 1170. The van der Waals surface area contributed by atoms with E-state index in [1.54, 1.807) is 12.1 Å². The lowest BCUT2D eigenvalue weighted by atomic mass is 9.93. The maximum Gasteiger partial charge on any atom is 0.243 e. The van der Waals surface area contributed by atoms with Gasteiger partial charge in [-0.3, -0.25) is 4.79 Å². The van der Waals surface area contributed by atoms with E-state index in [-0.39, 0.29) is 23.7 Å². The summed E-state index contributed by atoms with van der Waals surface area (Å²) < 4.78 is 0. The highest BCUT2D eigenvalue weighted by atomic mass is 16.3. The molecule has 3 aromatic rings. The molecule has 2 unspecified atom stereocenters. The fraction of sp³-hybridized carbons (Fsp3) is 0.296. The fourth-order valence-corrected chi connectivity index (χ4v) is 4.84. The Hall–Kier alpha value is -3.47. The van der Waals surface area contributed by atoms with Crippen molar-refractivity contribution in [1.82, 2.24) is 5.32 Å². The molecule has 2 aliphatic rings. The minimum atomic E-state index is -0.320. The summed E-state index contributed by atoms with van der Waals surface area (Å²) in [6.45, 7) is 4.91. The van der Waals surface area contributed by atoms with Gasteiger partial charge in [-0.25, -0.2) is 0 Å². The lowest BCUT2D eigenvalue weighted by Crippen LogP contribution is -2.42. The zero-order valence-corrected chi connectivity index (χ0v) is 18.5. The summed E-state index contributed by atoms with van der Waals surface area (Å²) in [6, 6.07) is 18.3. The second kappa shape index (κ2) is 8.23. The van der Waals surface area contributed by atoms with Crippen LogP contribution in [0.3, 0.4) is 0 Å².